The van der Waals surface area contributed by atoms with E-state index in [2.05, 4.69) is 16.0 Å². The molecule has 0 spiro atoms. The van der Waals surface area contributed by atoms with E-state index in [1.165, 1.54) is 0 Å². The number of ether oxygens (including phenoxy) is 2. The van der Waals surface area contributed by atoms with Crippen molar-refractivity contribution in [3.05, 3.63) is 30.1 Å². The van der Waals surface area contributed by atoms with Crippen LogP contribution in [0.1, 0.15) is 18.5 Å². The highest BCUT2D eigenvalue weighted by atomic mass is 16.5. The number of methoxy groups -OCH3 is 2. The quantitative estimate of drug-likeness (QED) is 0.725. The third-order valence-electron chi connectivity index (χ3n) is 3.08. The lowest BCUT2D eigenvalue weighted by molar-refractivity contribution is 0.0800. The summed E-state index contributed by atoms with van der Waals surface area (Å²) in [6.45, 7) is 5.01. The predicted molar refractivity (Wildman–Crippen MR) is 76.0 cm³/mol. The highest BCUT2D eigenvalue weighted by Gasteiger charge is 2.23. The second kappa shape index (κ2) is 8.98. The molecule has 0 fully saturated rings. The van der Waals surface area contributed by atoms with Crippen molar-refractivity contribution < 1.29 is 9.47 Å². The van der Waals surface area contributed by atoms with Crippen LogP contribution in [0.25, 0.3) is 0 Å². The summed E-state index contributed by atoms with van der Waals surface area (Å²) in [4.78, 5) is 6.47. The van der Waals surface area contributed by atoms with Crippen LogP contribution in [-0.4, -0.2) is 56.4 Å². The standard InChI is InChI=1S/C14H25N3O2/c1-12(15)14(13-5-4-6-16-11-13)17(7-9-18-2)8-10-19-3/h4-6,11-12,14H,7-10,15H2,1-3H3. The van der Waals surface area contributed by atoms with Crippen LogP contribution in [0, 0.1) is 0 Å². The van der Waals surface area contributed by atoms with Crippen LogP contribution in [0.2, 0.25) is 0 Å². The molecule has 0 aromatic carbocycles. The van der Waals surface area contributed by atoms with Crippen molar-refractivity contribution in [3.63, 3.8) is 0 Å². The molecule has 0 bridgehead atoms. The van der Waals surface area contributed by atoms with Crippen LogP contribution in [0.4, 0.5) is 0 Å². The first kappa shape index (κ1) is 16.0. The molecule has 1 aromatic heterocycles. The highest BCUT2D eigenvalue weighted by molar-refractivity contribution is 5.16. The van der Waals surface area contributed by atoms with Gasteiger partial charge < -0.3 is 15.2 Å². The van der Waals surface area contributed by atoms with E-state index in [9.17, 15) is 0 Å². The topological polar surface area (TPSA) is 60.6 Å². The Kier molecular flexibility index (Phi) is 7.59. The highest BCUT2D eigenvalue weighted by Crippen LogP contribution is 2.22. The minimum Gasteiger partial charge on any atom is -0.383 e. The van der Waals surface area contributed by atoms with Crippen LogP contribution in [0.5, 0.6) is 0 Å². The molecular weight excluding hydrogens is 242 g/mol. The van der Waals surface area contributed by atoms with E-state index in [4.69, 9.17) is 15.2 Å². The van der Waals surface area contributed by atoms with Crippen molar-refractivity contribution in [2.75, 3.05) is 40.5 Å². The summed E-state index contributed by atoms with van der Waals surface area (Å²) >= 11 is 0. The van der Waals surface area contributed by atoms with Gasteiger partial charge in [-0.05, 0) is 18.6 Å². The van der Waals surface area contributed by atoms with Crippen LogP contribution in [-0.2, 0) is 9.47 Å². The minimum absolute atomic E-state index is 0.0120. The van der Waals surface area contributed by atoms with Gasteiger partial charge in [0.2, 0.25) is 0 Å². The summed E-state index contributed by atoms with van der Waals surface area (Å²) in [6, 6.07) is 4.14. The molecule has 0 aliphatic carbocycles. The zero-order chi connectivity index (χ0) is 14.1. The van der Waals surface area contributed by atoms with Crippen molar-refractivity contribution >= 4 is 0 Å². The maximum atomic E-state index is 6.16. The van der Waals surface area contributed by atoms with Gasteiger partial charge in [0.1, 0.15) is 0 Å². The molecule has 2 N–H and O–H groups in total. The second-order valence-corrected chi connectivity index (χ2v) is 4.61. The summed E-state index contributed by atoms with van der Waals surface area (Å²) in [6.07, 6.45) is 3.65. The average molecular weight is 267 g/mol. The van der Waals surface area contributed by atoms with Gasteiger partial charge in [-0.25, -0.2) is 0 Å². The monoisotopic (exact) mass is 267 g/mol. The van der Waals surface area contributed by atoms with E-state index < -0.39 is 0 Å². The fourth-order valence-corrected chi connectivity index (χ4v) is 2.20. The molecule has 0 amide bonds. The SMILES string of the molecule is COCCN(CCOC)C(c1cccnc1)C(C)N. The molecule has 0 aliphatic rings. The summed E-state index contributed by atoms with van der Waals surface area (Å²) in [5.41, 5.74) is 7.29. The smallest absolute Gasteiger partial charge is 0.0589 e. The number of hydrogen-bond donors (Lipinski definition) is 1. The number of pyridine rings is 1. The van der Waals surface area contributed by atoms with Crippen molar-refractivity contribution in [2.24, 2.45) is 5.73 Å². The van der Waals surface area contributed by atoms with Gasteiger partial charge in [0.05, 0.1) is 19.3 Å². The van der Waals surface area contributed by atoms with Gasteiger partial charge in [0, 0.05) is 45.7 Å². The van der Waals surface area contributed by atoms with Gasteiger partial charge in [-0.3, -0.25) is 9.88 Å². The van der Waals surface area contributed by atoms with Gasteiger partial charge >= 0.3 is 0 Å². The average Bonchev–Trinajstić information content (AvgIpc) is 2.42. The fourth-order valence-electron chi connectivity index (χ4n) is 2.20. The molecule has 0 aliphatic heterocycles. The van der Waals surface area contributed by atoms with Gasteiger partial charge in [0.15, 0.2) is 0 Å². The molecule has 1 aromatic rings. The largest absolute Gasteiger partial charge is 0.383 e. The molecule has 2 atom stereocenters. The van der Waals surface area contributed by atoms with E-state index >= 15 is 0 Å². The molecular formula is C14H25N3O2. The number of rotatable bonds is 9. The van der Waals surface area contributed by atoms with E-state index in [0.29, 0.717) is 13.2 Å². The Morgan fingerprint density at radius 3 is 2.32 bits per heavy atom. The Labute approximate surface area is 115 Å². The van der Waals surface area contributed by atoms with Gasteiger partial charge in [-0.2, -0.15) is 0 Å². The Balaban J connectivity index is 2.84. The van der Waals surface area contributed by atoms with Crippen molar-refractivity contribution in [2.45, 2.75) is 19.0 Å². The summed E-state index contributed by atoms with van der Waals surface area (Å²) in [5.74, 6) is 0. The number of aromatic nitrogens is 1. The number of nitrogens with zero attached hydrogens (tertiary/aromatic N) is 2. The normalized spacial score (nSPS) is 14.6. The summed E-state index contributed by atoms with van der Waals surface area (Å²) in [5, 5.41) is 0. The maximum Gasteiger partial charge on any atom is 0.0589 e. The number of nitrogens with two attached hydrogens (primary N) is 1. The first-order chi connectivity index (χ1) is 9.20. The molecule has 108 valence electrons. The minimum atomic E-state index is 0.0120. The van der Waals surface area contributed by atoms with E-state index in [1.807, 2.05) is 19.2 Å². The lowest BCUT2D eigenvalue weighted by atomic mass is 10.0. The molecule has 19 heavy (non-hydrogen) atoms. The third kappa shape index (κ3) is 5.24. The van der Waals surface area contributed by atoms with Crippen molar-refractivity contribution in [1.82, 2.24) is 9.88 Å². The van der Waals surface area contributed by atoms with Crippen LogP contribution < -0.4 is 5.73 Å². The Hall–Kier alpha value is -1.01. The van der Waals surface area contributed by atoms with Crippen LogP contribution in [0.3, 0.4) is 0 Å². The van der Waals surface area contributed by atoms with Crippen LogP contribution in [0.15, 0.2) is 24.5 Å². The lowest BCUT2D eigenvalue weighted by Gasteiger charge is -2.34. The third-order valence-corrected chi connectivity index (χ3v) is 3.08. The molecule has 0 saturated heterocycles. The predicted octanol–water partition coefficient (Wildman–Crippen LogP) is 1.06. The zero-order valence-corrected chi connectivity index (χ0v) is 12.1. The molecule has 5 nitrogen and oxygen atoms in total. The first-order valence-corrected chi connectivity index (χ1v) is 6.58. The molecule has 0 saturated carbocycles. The van der Waals surface area contributed by atoms with E-state index in [-0.39, 0.29) is 12.1 Å². The van der Waals surface area contributed by atoms with Gasteiger partial charge in [0.25, 0.3) is 0 Å². The maximum absolute atomic E-state index is 6.16. The number of hydrogen-bond acceptors (Lipinski definition) is 5. The molecule has 5 heteroatoms. The van der Waals surface area contributed by atoms with E-state index in [1.54, 1.807) is 20.4 Å². The first-order valence-electron chi connectivity index (χ1n) is 6.58. The molecule has 1 rings (SSSR count). The summed E-state index contributed by atoms with van der Waals surface area (Å²) in [7, 11) is 3.42. The Morgan fingerprint density at radius 1 is 1.26 bits per heavy atom. The molecule has 1 heterocycles. The molecule has 2 unspecified atom stereocenters. The van der Waals surface area contributed by atoms with Gasteiger partial charge in [-0.1, -0.05) is 6.07 Å². The van der Waals surface area contributed by atoms with Crippen molar-refractivity contribution in [3.8, 4) is 0 Å². The molecule has 0 radical (unpaired) electrons. The Bertz CT molecular complexity index is 325. The van der Waals surface area contributed by atoms with Crippen LogP contribution >= 0.6 is 0 Å². The van der Waals surface area contributed by atoms with E-state index in [0.717, 1.165) is 18.7 Å². The second-order valence-electron chi connectivity index (χ2n) is 4.61. The van der Waals surface area contributed by atoms with Gasteiger partial charge in [-0.15, -0.1) is 0 Å². The van der Waals surface area contributed by atoms with Crippen molar-refractivity contribution in [1.29, 1.82) is 0 Å². The Morgan fingerprint density at radius 2 is 1.89 bits per heavy atom. The zero-order valence-electron chi connectivity index (χ0n) is 12.1. The fraction of sp³-hybridized carbons (Fsp3) is 0.643. The lowest BCUT2D eigenvalue weighted by Crippen LogP contribution is -2.42. The summed E-state index contributed by atoms with van der Waals surface area (Å²) < 4.78 is 10.4.